The van der Waals surface area contributed by atoms with Gasteiger partial charge in [0.25, 0.3) is 0 Å². The lowest BCUT2D eigenvalue weighted by Gasteiger charge is -2.30. The summed E-state index contributed by atoms with van der Waals surface area (Å²) in [6.07, 6.45) is 3.31. The van der Waals surface area contributed by atoms with E-state index in [1.165, 1.54) is 0 Å². The van der Waals surface area contributed by atoms with Crippen LogP contribution in [-0.4, -0.2) is 35.5 Å². The highest BCUT2D eigenvalue weighted by Crippen LogP contribution is 2.20. The molecule has 3 N–H and O–H groups in total. The van der Waals surface area contributed by atoms with Crippen molar-refractivity contribution in [1.29, 1.82) is 0 Å². The first-order valence-corrected chi connectivity index (χ1v) is 6.32. The summed E-state index contributed by atoms with van der Waals surface area (Å²) in [6, 6.07) is 1.85. The molecule has 1 aliphatic heterocycles. The Morgan fingerprint density at radius 2 is 2.28 bits per heavy atom. The molecule has 6 nitrogen and oxygen atoms in total. The summed E-state index contributed by atoms with van der Waals surface area (Å²) in [7, 11) is 0. The van der Waals surface area contributed by atoms with Crippen LogP contribution in [0.4, 0.5) is 11.8 Å². The third kappa shape index (κ3) is 2.88. The molecular weight excluding hydrogens is 230 g/mol. The van der Waals surface area contributed by atoms with E-state index in [1.807, 2.05) is 13.0 Å². The number of hydrogen-bond donors (Lipinski definition) is 2. The number of aromatic nitrogens is 2. The number of hydrogen-bond acceptors (Lipinski definition) is 5. The largest absolute Gasteiger partial charge is 0.370 e. The Labute approximate surface area is 107 Å². The minimum absolute atomic E-state index is 0.00167. The summed E-state index contributed by atoms with van der Waals surface area (Å²) >= 11 is 0. The van der Waals surface area contributed by atoms with Crippen LogP contribution in [0, 0.1) is 5.92 Å². The van der Waals surface area contributed by atoms with Gasteiger partial charge in [0.1, 0.15) is 5.82 Å². The molecule has 0 radical (unpaired) electrons. The fourth-order valence-corrected chi connectivity index (χ4v) is 2.14. The van der Waals surface area contributed by atoms with Crippen molar-refractivity contribution in [2.24, 2.45) is 11.7 Å². The summed E-state index contributed by atoms with van der Waals surface area (Å²) in [4.78, 5) is 21.9. The quantitative estimate of drug-likeness (QED) is 0.816. The molecule has 1 aliphatic rings. The third-order valence-electron chi connectivity index (χ3n) is 3.18. The van der Waals surface area contributed by atoms with Crippen molar-refractivity contribution in [1.82, 2.24) is 9.97 Å². The maximum Gasteiger partial charge on any atom is 0.227 e. The number of nitrogens with zero attached hydrogens (tertiary/aromatic N) is 3. The maximum atomic E-state index is 11.1. The van der Waals surface area contributed by atoms with Gasteiger partial charge in [-0.25, -0.2) is 4.98 Å². The Balaban J connectivity index is 2.00. The molecule has 0 spiro atoms. The molecule has 18 heavy (non-hydrogen) atoms. The number of amides is 1. The molecule has 0 aromatic carbocycles. The van der Waals surface area contributed by atoms with Gasteiger partial charge in [0.05, 0.1) is 0 Å². The van der Waals surface area contributed by atoms with E-state index in [2.05, 4.69) is 20.2 Å². The minimum atomic E-state index is -0.197. The van der Waals surface area contributed by atoms with Gasteiger partial charge in [0, 0.05) is 31.7 Å². The molecule has 2 heterocycles. The summed E-state index contributed by atoms with van der Waals surface area (Å²) in [5.41, 5.74) is 5.32. The predicted octanol–water partition coefficient (Wildman–Crippen LogP) is 0.610. The van der Waals surface area contributed by atoms with Crippen LogP contribution in [0.1, 0.15) is 19.8 Å². The Morgan fingerprint density at radius 1 is 1.56 bits per heavy atom. The van der Waals surface area contributed by atoms with E-state index in [4.69, 9.17) is 5.73 Å². The Kier molecular flexibility index (Phi) is 3.96. The summed E-state index contributed by atoms with van der Waals surface area (Å²) in [5, 5.41) is 3.16. The summed E-state index contributed by atoms with van der Waals surface area (Å²) in [6.45, 7) is 4.42. The van der Waals surface area contributed by atoms with Crippen molar-refractivity contribution in [2.45, 2.75) is 19.8 Å². The molecule has 0 aliphatic carbocycles. The lowest BCUT2D eigenvalue weighted by Crippen LogP contribution is -2.39. The second-order valence-electron chi connectivity index (χ2n) is 4.44. The average Bonchev–Trinajstić information content (AvgIpc) is 2.39. The van der Waals surface area contributed by atoms with Crippen LogP contribution in [0.3, 0.4) is 0 Å². The lowest BCUT2D eigenvalue weighted by atomic mass is 9.96. The molecule has 98 valence electrons. The van der Waals surface area contributed by atoms with Gasteiger partial charge in [-0.2, -0.15) is 4.98 Å². The van der Waals surface area contributed by atoms with Gasteiger partial charge < -0.3 is 16.0 Å². The van der Waals surface area contributed by atoms with Crippen molar-refractivity contribution >= 4 is 17.7 Å². The van der Waals surface area contributed by atoms with Crippen LogP contribution in [0.5, 0.6) is 0 Å². The number of carbonyl (C=O) groups is 1. The van der Waals surface area contributed by atoms with Gasteiger partial charge >= 0.3 is 0 Å². The van der Waals surface area contributed by atoms with E-state index in [1.54, 1.807) is 6.20 Å². The van der Waals surface area contributed by atoms with Gasteiger partial charge in [-0.05, 0) is 25.8 Å². The highest BCUT2D eigenvalue weighted by atomic mass is 16.1. The molecule has 0 atom stereocenters. The smallest absolute Gasteiger partial charge is 0.227 e. The zero-order valence-corrected chi connectivity index (χ0v) is 10.6. The fraction of sp³-hybridized carbons (Fsp3) is 0.583. The van der Waals surface area contributed by atoms with Crippen molar-refractivity contribution in [3.8, 4) is 0 Å². The van der Waals surface area contributed by atoms with Crippen LogP contribution >= 0.6 is 0 Å². The zero-order valence-electron chi connectivity index (χ0n) is 10.6. The molecule has 2 rings (SSSR count). The summed E-state index contributed by atoms with van der Waals surface area (Å²) in [5.74, 6) is 1.35. The molecule has 1 aromatic heterocycles. The Bertz CT molecular complexity index is 415. The lowest BCUT2D eigenvalue weighted by molar-refractivity contribution is -0.122. The number of piperidine rings is 1. The molecule has 0 bridgehead atoms. The van der Waals surface area contributed by atoms with Crippen molar-refractivity contribution in [2.75, 3.05) is 29.9 Å². The van der Waals surface area contributed by atoms with E-state index < -0.39 is 0 Å². The first-order valence-electron chi connectivity index (χ1n) is 6.32. The molecule has 1 saturated heterocycles. The van der Waals surface area contributed by atoms with E-state index >= 15 is 0 Å². The minimum Gasteiger partial charge on any atom is -0.370 e. The molecule has 6 heteroatoms. The number of primary amides is 1. The second kappa shape index (κ2) is 5.66. The van der Waals surface area contributed by atoms with E-state index in [0.29, 0.717) is 0 Å². The Morgan fingerprint density at radius 3 is 2.89 bits per heavy atom. The van der Waals surface area contributed by atoms with E-state index in [9.17, 15) is 4.79 Å². The fourth-order valence-electron chi connectivity index (χ4n) is 2.14. The number of nitrogens with one attached hydrogen (secondary N) is 1. The first kappa shape index (κ1) is 12.6. The highest BCUT2D eigenvalue weighted by molar-refractivity contribution is 5.76. The average molecular weight is 249 g/mol. The normalized spacial score (nSPS) is 16.6. The Hall–Kier alpha value is -1.85. The van der Waals surface area contributed by atoms with Gasteiger partial charge in [0.2, 0.25) is 11.9 Å². The van der Waals surface area contributed by atoms with Crippen LogP contribution in [0.2, 0.25) is 0 Å². The van der Waals surface area contributed by atoms with Gasteiger partial charge in [-0.1, -0.05) is 0 Å². The van der Waals surface area contributed by atoms with Crippen LogP contribution in [0.15, 0.2) is 12.3 Å². The number of nitrogens with two attached hydrogens (primary N) is 1. The van der Waals surface area contributed by atoms with Crippen molar-refractivity contribution in [3.05, 3.63) is 12.3 Å². The number of anilines is 2. The van der Waals surface area contributed by atoms with Gasteiger partial charge in [-0.15, -0.1) is 0 Å². The number of rotatable bonds is 4. The summed E-state index contributed by atoms with van der Waals surface area (Å²) < 4.78 is 0. The zero-order chi connectivity index (χ0) is 13.0. The van der Waals surface area contributed by atoms with Crippen LogP contribution < -0.4 is 16.0 Å². The van der Waals surface area contributed by atoms with E-state index in [0.717, 1.165) is 44.2 Å². The third-order valence-corrected chi connectivity index (χ3v) is 3.18. The van der Waals surface area contributed by atoms with Crippen LogP contribution in [-0.2, 0) is 4.79 Å². The van der Waals surface area contributed by atoms with Crippen LogP contribution in [0.25, 0.3) is 0 Å². The van der Waals surface area contributed by atoms with Crippen molar-refractivity contribution < 1.29 is 4.79 Å². The first-order chi connectivity index (χ1) is 8.70. The van der Waals surface area contributed by atoms with Crippen molar-refractivity contribution in [3.63, 3.8) is 0 Å². The standard InChI is InChI=1S/C12H19N5O/c1-2-14-10-3-6-15-12(16-10)17-7-4-9(5-8-17)11(13)18/h3,6,9H,2,4-5,7-8H2,1H3,(H2,13,18)(H,14,15,16). The monoisotopic (exact) mass is 249 g/mol. The van der Waals surface area contributed by atoms with Gasteiger partial charge in [0.15, 0.2) is 0 Å². The molecule has 0 saturated carbocycles. The molecular formula is C12H19N5O. The predicted molar refractivity (Wildman–Crippen MR) is 70.3 cm³/mol. The molecule has 0 unspecified atom stereocenters. The topological polar surface area (TPSA) is 84.1 Å². The molecule has 1 aromatic rings. The van der Waals surface area contributed by atoms with E-state index in [-0.39, 0.29) is 11.8 Å². The van der Waals surface area contributed by atoms with Gasteiger partial charge in [-0.3, -0.25) is 4.79 Å². The SMILES string of the molecule is CCNc1ccnc(N2CCC(C(N)=O)CC2)n1. The molecule has 1 amide bonds. The maximum absolute atomic E-state index is 11.1. The highest BCUT2D eigenvalue weighted by Gasteiger charge is 2.24. The second-order valence-corrected chi connectivity index (χ2v) is 4.44. The molecule has 1 fully saturated rings. The number of carbonyl (C=O) groups excluding carboxylic acids is 1.